The van der Waals surface area contributed by atoms with Crippen molar-refractivity contribution in [2.24, 2.45) is 5.92 Å². The molecule has 1 saturated carbocycles. The summed E-state index contributed by atoms with van der Waals surface area (Å²) in [5.74, 6) is 0.594. The van der Waals surface area contributed by atoms with Gasteiger partial charge in [-0.15, -0.1) is 0 Å². The van der Waals surface area contributed by atoms with Crippen LogP contribution in [0.25, 0.3) is 11.4 Å². The van der Waals surface area contributed by atoms with Crippen LogP contribution in [0.1, 0.15) is 62.6 Å². The van der Waals surface area contributed by atoms with Gasteiger partial charge in [0.05, 0.1) is 5.56 Å². The second-order valence-corrected chi connectivity index (χ2v) is 6.39. The molecule has 3 rings (SSSR count). The highest BCUT2D eigenvalue weighted by atomic mass is 16.5. The van der Waals surface area contributed by atoms with E-state index in [9.17, 15) is 9.90 Å². The Morgan fingerprint density at radius 2 is 1.91 bits per heavy atom. The normalized spacial score (nSPS) is 18.3. The molecular formula is C17H23N3O3. The van der Waals surface area contributed by atoms with E-state index in [0.29, 0.717) is 5.56 Å². The Balaban J connectivity index is 1.78. The average Bonchev–Trinajstić information content (AvgIpc) is 2.96. The van der Waals surface area contributed by atoms with E-state index < -0.39 is 6.10 Å². The lowest BCUT2D eigenvalue weighted by molar-refractivity contribution is 0.0605. The summed E-state index contributed by atoms with van der Waals surface area (Å²) in [6, 6.07) is 3.46. The van der Waals surface area contributed by atoms with Gasteiger partial charge in [0.25, 0.3) is 11.4 Å². The molecule has 0 aromatic carbocycles. The van der Waals surface area contributed by atoms with Crippen LogP contribution >= 0.6 is 0 Å². The van der Waals surface area contributed by atoms with E-state index in [4.69, 9.17) is 4.52 Å². The molecule has 6 heteroatoms. The summed E-state index contributed by atoms with van der Waals surface area (Å²) >= 11 is 0. The number of aryl methyl sites for hydroxylation is 1. The molecule has 2 aromatic heterocycles. The Kier molecular flexibility index (Phi) is 4.91. The highest BCUT2D eigenvalue weighted by molar-refractivity contribution is 5.52. The van der Waals surface area contributed by atoms with Crippen LogP contribution in [-0.4, -0.2) is 20.2 Å². The first-order valence-corrected chi connectivity index (χ1v) is 8.37. The first kappa shape index (κ1) is 15.9. The van der Waals surface area contributed by atoms with Crippen LogP contribution in [0.5, 0.6) is 0 Å². The fourth-order valence-electron chi connectivity index (χ4n) is 3.22. The van der Waals surface area contributed by atoms with Gasteiger partial charge in [-0.25, -0.2) is 0 Å². The third kappa shape index (κ3) is 3.69. The monoisotopic (exact) mass is 317 g/mol. The van der Waals surface area contributed by atoms with Crippen molar-refractivity contribution in [1.29, 1.82) is 0 Å². The fourth-order valence-corrected chi connectivity index (χ4v) is 3.22. The number of aliphatic hydroxyl groups is 1. The Bertz CT molecular complexity index is 699. The van der Waals surface area contributed by atoms with E-state index in [1.165, 1.54) is 19.3 Å². The third-order valence-corrected chi connectivity index (χ3v) is 4.59. The quantitative estimate of drug-likeness (QED) is 0.907. The average molecular weight is 317 g/mol. The SMILES string of the molecule is Cc1ccc(-c2noc(C(O)C3CCCCCCC3)n2)c(=O)[nH]1. The molecule has 1 unspecified atom stereocenters. The predicted molar refractivity (Wildman–Crippen MR) is 85.9 cm³/mol. The molecule has 6 nitrogen and oxygen atoms in total. The number of pyridine rings is 1. The lowest BCUT2D eigenvalue weighted by Gasteiger charge is -2.22. The summed E-state index contributed by atoms with van der Waals surface area (Å²) in [5.41, 5.74) is 0.880. The lowest BCUT2D eigenvalue weighted by Crippen LogP contribution is -2.15. The van der Waals surface area contributed by atoms with Gasteiger partial charge < -0.3 is 14.6 Å². The largest absolute Gasteiger partial charge is 0.383 e. The molecule has 0 spiro atoms. The molecule has 2 heterocycles. The Morgan fingerprint density at radius 3 is 2.61 bits per heavy atom. The van der Waals surface area contributed by atoms with Gasteiger partial charge in [-0.2, -0.15) is 4.98 Å². The predicted octanol–water partition coefficient (Wildman–Crippen LogP) is 3.13. The number of hydrogen-bond donors (Lipinski definition) is 2. The molecule has 0 amide bonds. The maximum Gasteiger partial charge on any atom is 0.259 e. The molecule has 124 valence electrons. The number of aromatic amines is 1. The Morgan fingerprint density at radius 1 is 1.22 bits per heavy atom. The summed E-state index contributed by atoms with van der Waals surface area (Å²) in [7, 11) is 0. The molecule has 1 atom stereocenters. The smallest absolute Gasteiger partial charge is 0.259 e. The Hall–Kier alpha value is -1.95. The van der Waals surface area contributed by atoms with E-state index in [0.717, 1.165) is 31.4 Å². The minimum atomic E-state index is -0.751. The van der Waals surface area contributed by atoms with Crippen molar-refractivity contribution < 1.29 is 9.63 Å². The van der Waals surface area contributed by atoms with Crippen LogP contribution in [0.3, 0.4) is 0 Å². The van der Waals surface area contributed by atoms with Crippen molar-refractivity contribution in [3.63, 3.8) is 0 Å². The summed E-state index contributed by atoms with van der Waals surface area (Å²) in [4.78, 5) is 18.9. The fraction of sp³-hybridized carbons (Fsp3) is 0.588. The van der Waals surface area contributed by atoms with Crippen LogP contribution in [0, 0.1) is 12.8 Å². The van der Waals surface area contributed by atoms with E-state index in [2.05, 4.69) is 15.1 Å². The maximum atomic E-state index is 12.0. The lowest BCUT2D eigenvalue weighted by atomic mass is 9.87. The Labute approximate surface area is 134 Å². The van der Waals surface area contributed by atoms with E-state index >= 15 is 0 Å². The highest BCUT2D eigenvalue weighted by Crippen LogP contribution is 2.32. The zero-order chi connectivity index (χ0) is 16.2. The first-order chi connectivity index (χ1) is 11.1. The van der Waals surface area contributed by atoms with Crippen LogP contribution in [0.2, 0.25) is 0 Å². The molecule has 0 radical (unpaired) electrons. The molecule has 0 saturated heterocycles. The molecule has 23 heavy (non-hydrogen) atoms. The summed E-state index contributed by atoms with van der Waals surface area (Å²) < 4.78 is 5.23. The summed E-state index contributed by atoms with van der Waals surface area (Å²) in [5, 5.41) is 14.4. The van der Waals surface area contributed by atoms with Crippen molar-refractivity contribution >= 4 is 0 Å². The highest BCUT2D eigenvalue weighted by Gasteiger charge is 2.27. The number of rotatable bonds is 3. The summed E-state index contributed by atoms with van der Waals surface area (Å²) in [6.07, 6.45) is 7.17. The number of nitrogens with one attached hydrogen (secondary N) is 1. The van der Waals surface area contributed by atoms with Gasteiger partial charge in [0.2, 0.25) is 5.82 Å². The molecule has 1 aliphatic carbocycles. The summed E-state index contributed by atoms with van der Waals surface area (Å²) in [6.45, 7) is 1.81. The van der Waals surface area contributed by atoms with Crippen molar-refractivity contribution in [1.82, 2.24) is 15.1 Å². The van der Waals surface area contributed by atoms with E-state index in [1.807, 2.05) is 6.92 Å². The van der Waals surface area contributed by atoms with Crippen LogP contribution in [0.15, 0.2) is 21.5 Å². The number of aliphatic hydroxyl groups excluding tert-OH is 1. The third-order valence-electron chi connectivity index (χ3n) is 4.59. The van der Waals surface area contributed by atoms with Gasteiger partial charge in [0, 0.05) is 5.69 Å². The van der Waals surface area contributed by atoms with Crippen LogP contribution in [0.4, 0.5) is 0 Å². The van der Waals surface area contributed by atoms with Crippen molar-refractivity contribution in [2.45, 2.75) is 58.0 Å². The molecule has 0 aliphatic heterocycles. The standard InChI is InChI=1S/C17H23N3O3/c1-11-9-10-13(16(22)18-11)15-19-17(23-20-15)14(21)12-7-5-3-2-4-6-8-12/h9-10,12,14,21H,2-8H2,1H3,(H,18,22). The van der Waals surface area contributed by atoms with Gasteiger partial charge >= 0.3 is 0 Å². The van der Waals surface area contributed by atoms with Crippen molar-refractivity contribution in [3.8, 4) is 11.4 Å². The number of aromatic nitrogens is 3. The number of nitrogens with zero attached hydrogens (tertiary/aromatic N) is 2. The molecule has 2 N–H and O–H groups in total. The van der Waals surface area contributed by atoms with Crippen molar-refractivity contribution in [2.75, 3.05) is 0 Å². The molecule has 1 fully saturated rings. The van der Waals surface area contributed by atoms with Gasteiger partial charge in [-0.05, 0) is 37.8 Å². The van der Waals surface area contributed by atoms with Crippen molar-refractivity contribution in [3.05, 3.63) is 34.1 Å². The topological polar surface area (TPSA) is 92.0 Å². The molecule has 1 aliphatic rings. The first-order valence-electron chi connectivity index (χ1n) is 8.37. The minimum absolute atomic E-state index is 0.153. The van der Waals surface area contributed by atoms with Crippen LogP contribution < -0.4 is 5.56 Å². The van der Waals surface area contributed by atoms with Gasteiger partial charge in [0.1, 0.15) is 6.10 Å². The second kappa shape index (κ2) is 7.08. The zero-order valence-corrected chi connectivity index (χ0v) is 13.4. The maximum absolute atomic E-state index is 12.0. The molecule has 2 aromatic rings. The van der Waals surface area contributed by atoms with E-state index in [1.54, 1.807) is 12.1 Å². The molecule has 0 bridgehead atoms. The second-order valence-electron chi connectivity index (χ2n) is 6.39. The van der Waals surface area contributed by atoms with Gasteiger partial charge in [0.15, 0.2) is 0 Å². The van der Waals surface area contributed by atoms with Crippen LogP contribution in [-0.2, 0) is 0 Å². The molecular weight excluding hydrogens is 294 g/mol. The van der Waals surface area contributed by atoms with Gasteiger partial charge in [-0.3, -0.25) is 4.79 Å². The van der Waals surface area contributed by atoms with E-state index in [-0.39, 0.29) is 23.2 Å². The number of H-pyrrole nitrogens is 1. The number of hydrogen-bond acceptors (Lipinski definition) is 5. The zero-order valence-electron chi connectivity index (χ0n) is 13.4. The van der Waals surface area contributed by atoms with Gasteiger partial charge in [-0.1, -0.05) is 37.3 Å². The minimum Gasteiger partial charge on any atom is -0.383 e.